The van der Waals surface area contributed by atoms with Gasteiger partial charge in [0.1, 0.15) is 23.8 Å². The summed E-state index contributed by atoms with van der Waals surface area (Å²) in [6.07, 6.45) is 13.1. The van der Waals surface area contributed by atoms with Crippen molar-refractivity contribution in [3.8, 4) is 0 Å². The van der Waals surface area contributed by atoms with Gasteiger partial charge in [-0.15, -0.1) is 0 Å². The summed E-state index contributed by atoms with van der Waals surface area (Å²) in [6, 6.07) is -2.33. The van der Waals surface area contributed by atoms with Gasteiger partial charge in [-0.05, 0) is 49.4 Å². The van der Waals surface area contributed by atoms with E-state index in [1.54, 1.807) is 11.8 Å². The first kappa shape index (κ1) is 29.9. The minimum Gasteiger partial charge on any atom is -0.464 e. The van der Waals surface area contributed by atoms with Crippen molar-refractivity contribution in [2.24, 2.45) is 23.2 Å². The van der Waals surface area contributed by atoms with E-state index in [1.807, 2.05) is 20.8 Å². The second kappa shape index (κ2) is 13.1. The van der Waals surface area contributed by atoms with Crippen LogP contribution in [0, 0.1) is 23.2 Å². The summed E-state index contributed by atoms with van der Waals surface area (Å²) in [7, 11) is 0. The Morgan fingerprint density at radius 2 is 1.77 bits per heavy atom. The van der Waals surface area contributed by atoms with Gasteiger partial charge in [-0.25, -0.2) is 9.78 Å². The van der Waals surface area contributed by atoms with Crippen molar-refractivity contribution in [3.05, 3.63) is 24.3 Å². The molecule has 10 heteroatoms. The zero-order chi connectivity index (χ0) is 28.9. The molecule has 1 aromatic heterocycles. The Hall–Kier alpha value is -3.04. The average molecular weight is 556 g/mol. The van der Waals surface area contributed by atoms with Crippen LogP contribution >= 0.6 is 0 Å². The number of rotatable bonds is 9. The van der Waals surface area contributed by atoms with Crippen LogP contribution in [0.15, 0.2) is 18.6 Å². The molecule has 1 aromatic rings. The van der Waals surface area contributed by atoms with Crippen molar-refractivity contribution < 1.29 is 23.9 Å². The highest BCUT2D eigenvalue weighted by Crippen LogP contribution is 2.43. The average Bonchev–Trinajstić information content (AvgIpc) is 3.53. The number of hydrogen-bond donors (Lipinski definition) is 2. The number of fused-ring (bicyclic) bond motifs is 1. The van der Waals surface area contributed by atoms with Crippen LogP contribution in [-0.2, 0) is 19.1 Å². The van der Waals surface area contributed by atoms with E-state index in [0.717, 1.165) is 44.9 Å². The van der Waals surface area contributed by atoms with Crippen LogP contribution in [-0.4, -0.2) is 69.8 Å². The van der Waals surface area contributed by atoms with E-state index in [2.05, 4.69) is 20.6 Å². The summed E-state index contributed by atoms with van der Waals surface area (Å²) >= 11 is 0. The molecular weight excluding hydrogens is 510 g/mol. The van der Waals surface area contributed by atoms with Crippen molar-refractivity contribution in [2.45, 2.75) is 104 Å². The van der Waals surface area contributed by atoms with Gasteiger partial charge in [0, 0.05) is 18.9 Å². The van der Waals surface area contributed by atoms with Gasteiger partial charge < -0.3 is 20.3 Å². The minimum absolute atomic E-state index is 0.0876. The van der Waals surface area contributed by atoms with Crippen LogP contribution in [0.5, 0.6) is 0 Å². The van der Waals surface area contributed by atoms with Crippen molar-refractivity contribution in [1.82, 2.24) is 25.5 Å². The number of nitrogens with zero attached hydrogens (tertiary/aromatic N) is 3. The molecule has 3 amide bonds. The Morgan fingerprint density at radius 1 is 1.02 bits per heavy atom. The van der Waals surface area contributed by atoms with Gasteiger partial charge in [-0.3, -0.25) is 19.4 Å². The summed E-state index contributed by atoms with van der Waals surface area (Å²) in [5.74, 6) is -0.854. The predicted octanol–water partition coefficient (Wildman–Crippen LogP) is 3.27. The van der Waals surface area contributed by atoms with Crippen LogP contribution in [0.2, 0.25) is 0 Å². The summed E-state index contributed by atoms with van der Waals surface area (Å²) < 4.78 is 5.39. The van der Waals surface area contributed by atoms with Crippen molar-refractivity contribution in [1.29, 1.82) is 0 Å². The van der Waals surface area contributed by atoms with Gasteiger partial charge in [0.25, 0.3) is 5.91 Å². The first-order valence-corrected chi connectivity index (χ1v) is 14.9. The zero-order valence-corrected chi connectivity index (χ0v) is 24.4. The number of aromatic nitrogens is 2. The number of hydrogen-bond acceptors (Lipinski definition) is 7. The minimum atomic E-state index is -0.877. The van der Waals surface area contributed by atoms with Crippen LogP contribution in [0.3, 0.4) is 0 Å². The molecule has 0 spiro atoms. The standard InChI is InChI=1S/C30H45N5O5/c1-5-40-29(39)24-21-13-9-12-20(21)18-35(24)28(38)25(30(2,3)4)34-26(36)22(16-19-10-7-6-8-11-19)33-27(37)23-17-31-14-15-32-23/h14-15,17,19-22,24-25H,5-13,16,18H2,1-4H3,(H,33,37)(H,34,36)/t20-,21-,22-,24-,25+/m0/s1. The molecule has 40 heavy (non-hydrogen) atoms. The van der Waals surface area contributed by atoms with Crippen molar-refractivity contribution >= 4 is 23.7 Å². The summed E-state index contributed by atoms with van der Waals surface area (Å²) in [5.41, 5.74) is -0.498. The van der Waals surface area contributed by atoms with Crippen LogP contribution in [0.25, 0.3) is 0 Å². The van der Waals surface area contributed by atoms with E-state index >= 15 is 0 Å². The number of nitrogens with one attached hydrogen (secondary N) is 2. The highest BCUT2D eigenvalue weighted by molar-refractivity contribution is 5.97. The van der Waals surface area contributed by atoms with E-state index in [-0.39, 0.29) is 36.0 Å². The van der Waals surface area contributed by atoms with Crippen LogP contribution in [0.1, 0.15) is 96.0 Å². The number of amides is 3. The van der Waals surface area contributed by atoms with Crippen LogP contribution in [0.4, 0.5) is 0 Å². The molecule has 2 heterocycles. The molecule has 0 unspecified atom stereocenters. The Balaban J connectivity index is 1.55. The van der Waals surface area contributed by atoms with E-state index in [4.69, 9.17) is 4.74 Å². The molecule has 0 aromatic carbocycles. The van der Waals surface area contributed by atoms with Crippen molar-refractivity contribution in [3.63, 3.8) is 0 Å². The Morgan fingerprint density at radius 3 is 2.42 bits per heavy atom. The Kier molecular flexibility index (Phi) is 9.79. The number of likely N-dealkylation sites (tertiary alicyclic amines) is 1. The number of ether oxygens (including phenoxy) is 1. The molecule has 4 rings (SSSR count). The molecule has 2 aliphatic carbocycles. The van der Waals surface area contributed by atoms with Gasteiger partial charge in [-0.1, -0.05) is 59.3 Å². The maximum absolute atomic E-state index is 14.1. The van der Waals surface area contributed by atoms with Gasteiger partial charge in [0.2, 0.25) is 11.8 Å². The molecule has 220 valence electrons. The lowest BCUT2D eigenvalue weighted by atomic mass is 9.83. The topological polar surface area (TPSA) is 131 Å². The van der Waals surface area contributed by atoms with Gasteiger partial charge in [-0.2, -0.15) is 0 Å². The third kappa shape index (κ3) is 6.99. The van der Waals surface area contributed by atoms with Crippen molar-refractivity contribution in [2.75, 3.05) is 13.2 Å². The smallest absolute Gasteiger partial charge is 0.329 e. The maximum Gasteiger partial charge on any atom is 0.329 e. The summed E-state index contributed by atoms with van der Waals surface area (Å²) in [5, 5.41) is 5.87. The lowest BCUT2D eigenvalue weighted by Crippen LogP contribution is -2.60. The van der Waals surface area contributed by atoms with Gasteiger partial charge in [0.05, 0.1) is 12.8 Å². The molecule has 3 aliphatic rings. The number of esters is 1. The van der Waals surface area contributed by atoms with Gasteiger partial charge >= 0.3 is 5.97 Å². The lowest BCUT2D eigenvalue weighted by Gasteiger charge is -2.37. The second-order valence-electron chi connectivity index (χ2n) is 12.7. The molecule has 0 bridgehead atoms. The largest absolute Gasteiger partial charge is 0.464 e. The SMILES string of the molecule is CCOC(=O)[C@@H]1[C@H]2CCC[C@H]2CN1C(=O)[C@@H](NC(=O)[C@H](CC1CCCCC1)NC(=O)c1cnccn1)C(C)(C)C. The first-order chi connectivity index (χ1) is 19.1. The molecule has 0 radical (unpaired) electrons. The summed E-state index contributed by atoms with van der Waals surface area (Å²) in [4.78, 5) is 63.7. The van der Waals surface area contributed by atoms with Crippen LogP contribution < -0.4 is 10.6 Å². The number of carbonyl (C=O) groups excluding carboxylic acids is 4. The third-order valence-electron chi connectivity index (χ3n) is 8.81. The highest BCUT2D eigenvalue weighted by Gasteiger charge is 2.52. The summed E-state index contributed by atoms with van der Waals surface area (Å²) in [6.45, 7) is 8.22. The van der Waals surface area contributed by atoms with E-state index < -0.39 is 35.4 Å². The quantitative estimate of drug-likeness (QED) is 0.447. The normalized spacial score (nSPS) is 24.6. The molecule has 10 nitrogen and oxygen atoms in total. The Labute approximate surface area is 237 Å². The molecule has 3 fully saturated rings. The molecule has 1 aliphatic heterocycles. The lowest BCUT2D eigenvalue weighted by molar-refractivity contribution is -0.156. The predicted molar refractivity (Wildman–Crippen MR) is 149 cm³/mol. The van der Waals surface area contributed by atoms with E-state index in [1.165, 1.54) is 25.0 Å². The molecule has 5 atom stereocenters. The fourth-order valence-corrected chi connectivity index (χ4v) is 6.76. The Bertz CT molecular complexity index is 1050. The second-order valence-corrected chi connectivity index (χ2v) is 12.7. The zero-order valence-electron chi connectivity index (χ0n) is 24.4. The highest BCUT2D eigenvalue weighted by atomic mass is 16.5. The molecule has 2 saturated carbocycles. The third-order valence-corrected chi connectivity index (χ3v) is 8.81. The monoisotopic (exact) mass is 555 g/mol. The van der Waals surface area contributed by atoms with E-state index in [0.29, 0.717) is 18.9 Å². The van der Waals surface area contributed by atoms with Gasteiger partial charge in [0.15, 0.2) is 0 Å². The number of carbonyl (C=O) groups is 4. The molecular formula is C30H45N5O5. The maximum atomic E-state index is 14.1. The fourth-order valence-electron chi connectivity index (χ4n) is 6.76. The van der Waals surface area contributed by atoms with E-state index in [9.17, 15) is 19.2 Å². The fraction of sp³-hybridized carbons (Fsp3) is 0.733. The molecule has 1 saturated heterocycles. The first-order valence-electron chi connectivity index (χ1n) is 14.9. The molecule has 2 N–H and O–H groups in total.